The smallest absolute Gasteiger partial charge is 0.275 e. The lowest BCUT2D eigenvalue weighted by molar-refractivity contribution is -0.892. The third-order valence-corrected chi connectivity index (χ3v) is 5.27. The number of carbonyl (C=O) groups excluding carboxylic acids is 1. The number of nitrogens with zero attached hydrogens (tertiary/aromatic N) is 1. The van der Waals surface area contributed by atoms with Gasteiger partial charge in [0.05, 0.1) is 32.2 Å². The zero-order valence-electron chi connectivity index (χ0n) is 15.9. The van der Waals surface area contributed by atoms with E-state index in [1.807, 2.05) is 6.07 Å². The van der Waals surface area contributed by atoms with Gasteiger partial charge in [0.2, 0.25) is 0 Å². The molecule has 0 saturated carbocycles. The first kappa shape index (κ1) is 18.5. The summed E-state index contributed by atoms with van der Waals surface area (Å²) in [5, 5.41) is 3.15. The molecule has 1 fully saturated rings. The summed E-state index contributed by atoms with van der Waals surface area (Å²) in [4.78, 5) is 16.2. The van der Waals surface area contributed by atoms with Crippen LogP contribution in [0.2, 0.25) is 0 Å². The molecule has 0 spiro atoms. The zero-order valence-corrected chi connectivity index (χ0v) is 15.9. The van der Waals surface area contributed by atoms with Crippen molar-refractivity contribution >= 4 is 11.6 Å². The number of para-hydroxylation sites is 1. The lowest BCUT2D eigenvalue weighted by Gasteiger charge is -2.33. The maximum Gasteiger partial charge on any atom is 0.275 e. The molecule has 0 bridgehead atoms. The summed E-state index contributed by atoms with van der Waals surface area (Å²) in [6, 6.07) is 19.1. The molecule has 3 rings (SSSR count). The Kier molecular flexibility index (Phi) is 6.29. The minimum Gasteiger partial charge on any atom is -0.360 e. The second kappa shape index (κ2) is 8.86. The van der Waals surface area contributed by atoms with E-state index in [0.29, 0.717) is 6.54 Å². The lowest BCUT2D eigenvalue weighted by Crippen LogP contribution is -3.15. The molecular weight excluding hydrogens is 322 g/mol. The average molecular weight is 353 g/mol. The highest BCUT2D eigenvalue weighted by molar-refractivity contribution is 5.77. The molecule has 1 heterocycles. The minimum absolute atomic E-state index is 0.0541. The van der Waals surface area contributed by atoms with Crippen LogP contribution in [0.3, 0.4) is 0 Å². The fourth-order valence-electron chi connectivity index (χ4n) is 3.54. The molecule has 1 atom stereocenters. The molecule has 0 aliphatic carbocycles. The van der Waals surface area contributed by atoms with E-state index in [-0.39, 0.29) is 11.9 Å². The van der Waals surface area contributed by atoms with Crippen molar-refractivity contribution in [1.29, 1.82) is 0 Å². The monoisotopic (exact) mass is 352 g/mol. The van der Waals surface area contributed by atoms with Gasteiger partial charge in [-0.25, -0.2) is 0 Å². The van der Waals surface area contributed by atoms with Crippen molar-refractivity contribution in [3.05, 3.63) is 65.7 Å². The molecule has 138 valence electrons. The Morgan fingerprint density at radius 1 is 1.08 bits per heavy atom. The molecule has 2 aromatic carbocycles. The Morgan fingerprint density at radius 2 is 1.73 bits per heavy atom. The molecule has 1 amide bonds. The quantitative estimate of drug-likeness (QED) is 0.832. The highest BCUT2D eigenvalue weighted by Gasteiger charge is 2.23. The van der Waals surface area contributed by atoms with Gasteiger partial charge in [0, 0.05) is 5.69 Å². The van der Waals surface area contributed by atoms with Crippen molar-refractivity contribution in [1.82, 2.24) is 5.32 Å². The highest BCUT2D eigenvalue weighted by Crippen LogP contribution is 2.14. The van der Waals surface area contributed by atoms with Crippen LogP contribution in [0.5, 0.6) is 0 Å². The standard InChI is InChI=1S/C22H29N3O/c1-3-19-9-11-20(12-10-19)18(2)23-22(26)17-24-13-15-25(16-14-24)21-7-5-4-6-8-21/h4-12,18H,3,13-17H2,1-2H3,(H,23,26)/p+1/t18-/m1/s1. The van der Waals surface area contributed by atoms with Crippen LogP contribution >= 0.6 is 0 Å². The number of piperazine rings is 1. The number of benzene rings is 2. The van der Waals surface area contributed by atoms with Gasteiger partial charge in [-0.3, -0.25) is 4.79 Å². The van der Waals surface area contributed by atoms with E-state index in [2.05, 4.69) is 72.6 Å². The topological polar surface area (TPSA) is 36.8 Å². The van der Waals surface area contributed by atoms with Gasteiger partial charge in [0.25, 0.3) is 5.91 Å². The molecule has 2 aromatic rings. The Balaban J connectivity index is 1.45. The van der Waals surface area contributed by atoms with E-state index in [4.69, 9.17) is 0 Å². The first-order valence-corrected chi connectivity index (χ1v) is 9.67. The predicted molar refractivity (Wildman–Crippen MR) is 107 cm³/mol. The van der Waals surface area contributed by atoms with E-state index >= 15 is 0 Å². The largest absolute Gasteiger partial charge is 0.360 e. The Hall–Kier alpha value is -2.33. The molecule has 26 heavy (non-hydrogen) atoms. The van der Waals surface area contributed by atoms with Gasteiger partial charge >= 0.3 is 0 Å². The van der Waals surface area contributed by atoms with Crippen LogP contribution in [-0.2, 0) is 11.2 Å². The van der Waals surface area contributed by atoms with Crippen LogP contribution in [0.15, 0.2) is 54.6 Å². The maximum absolute atomic E-state index is 12.4. The summed E-state index contributed by atoms with van der Waals surface area (Å²) in [5.74, 6) is 0.139. The average Bonchev–Trinajstić information content (AvgIpc) is 2.69. The van der Waals surface area contributed by atoms with Gasteiger partial charge in [0.15, 0.2) is 6.54 Å². The number of quaternary nitrogens is 1. The van der Waals surface area contributed by atoms with Crippen LogP contribution < -0.4 is 15.1 Å². The number of aryl methyl sites for hydroxylation is 1. The minimum atomic E-state index is 0.0541. The normalized spacial score (nSPS) is 16.3. The maximum atomic E-state index is 12.4. The molecule has 4 heteroatoms. The van der Waals surface area contributed by atoms with E-state index in [1.54, 1.807) is 0 Å². The Bertz CT molecular complexity index is 691. The summed E-state index contributed by atoms with van der Waals surface area (Å²) in [7, 11) is 0. The molecule has 1 saturated heterocycles. The SMILES string of the molecule is CCc1ccc([C@@H](C)NC(=O)C[NH+]2CCN(c3ccccc3)CC2)cc1. The van der Waals surface area contributed by atoms with Crippen LogP contribution in [0.4, 0.5) is 5.69 Å². The van der Waals surface area contributed by atoms with Crippen molar-refractivity contribution < 1.29 is 9.69 Å². The fraction of sp³-hybridized carbons (Fsp3) is 0.409. The van der Waals surface area contributed by atoms with Gasteiger partial charge in [-0.1, -0.05) is 49.4 Å². The lowest BCUT2D eigenvalue weighted by atomic mass is 10.1. The number of rotatable bonds is 6. The van der Waals surface area contributed by atoms with E-state index in [1.165, 1.54) is 21.7 Å². The number of hydrogen-bond acceptors (Lipinski definition) is 2. The van der Waals surface area contributed by atoms with Gasteiger partial charge in [-0.05, 0) is 36.6 Å². The van der Waals surface area contributed by atoms with Gasteiger partial charge in [0.1, 0.15) is 0 Å². The first-order chi connectivity index (χ1) is 12.7. The molecule has 0 unspecified atom stereocenters. The zero-order chi connectivity index (χ0) is 18.4. The van der Waals surface area contributed by atoms with Crippen molar-refractivity contribution in [3.63, 3.8) is 0 Å². The number of amides is 1. The summed E-state index contributed by atoms with van der Waals surface area (Å²) in [5.41, 5.74) is 3.77. The summed E-state index contributed by atoms with van der Waals surface area (Å²) < 4.78 is 0. The van der Waals surface area contributed by atoms with Crippen molar-refractivity contribution in [2.24, 2.45) is 0 Å². The highest BCUT2D eigenvalue weighted by atomic mass is 16.2. The van der Waals surface area contributed by atoms with Gasteiger partial charge in [-0.15, -0.1) is 0 Å². The third kappa shape index (κ3) is 4.85. The van der Waals surface area contributed by atoms with E-state index in [0.717, 1.165) is 32.6 Å². The van der Waals surface area contributed by atoms with Crippen molar-refractivity contribution in [3.8, 4) is 0 Å². The molecule has 2 N–H and O–H groups in total. The third-order valence-electron chi connectivity index (χ3n) is 5.27. The van der Waals surface area contributed by atoms with Crippen LogP contribution in [0.25, 0.3) is 0 Å². The fourth-order valence-corrected chi connectivity index (χ4v) is 3.54. The van der Waals surface area contributed by atoms with Crippen molar-refractivity contribution in [2.75, 3.05) is 37.6 Å². The summed E-state index contributed by atoms with van der Waals surface area (Å²) in [6.45, 7) is 8.77. The molecule has 4 nitrogen and oxygen atoms in total. The predicted octanol–water partition coefficient (Wildman–Crippen LogP) is 1.83. The molecule has 1 aliphatic heterocycles. The van der Waals surface area contributed by atoms with Crippen LogP contribution in [0, 0.1) is 0 Å². The number of hydrogen-bond donors (Lipinski definition) is 2. The molecule has 1 aliphatic rings. The Morgan fingerprint density at radius 3 is 2.35 bits per heavy atom. The van der Waals surface area contributed by atoms with Gasteiger partial charge in [-0.2, -0.15) is 0 Å². The summed E-state index contributed by atoms with van der Waals surface area (Å²) in [6.07, 6.45) is 1.04. The number of anilines is 1. The summed E-state index contributed by atoms with van der Waals surface area (Å²) >= 11 is 0. The second-order valence-electron chi connectivity index (χ2n) is 7.13. The molecule has 0 aromatic heterocycles. The number of carbonyl (C=O) groups is 1. The van der Waals surface area contributed by atoms with Gasteiger partial charge < -0.3 is 15.1 Å². The molecular formula is C22H30N3O+. The van der Waals surface area contributed by atoms with Crippen LogP contribution in [0.1, 0.15) is 31.0 Å². The van der Waals surface area contributed by atoms with E-state index < -0.39 is 0 Å². The first-order valence-electron chi connectivity index (χ1n) is 9.67. The van der Waals surface area contributed by atoms with Crippen molar-refractivity contribution in [2.45, 2.75) is 26.3 Å². The Labute approximate surface area is 156 Å². The van der Waals surface area contributed by atoms with Crippen LogP contribution in [-0.4, -0.2) is 38.6 Å². The van der Waals surface area contributed by atoms with E-state index in [9.17, 15) is 4.79 Å². The molecule has 0 radical (unpaired) electrons. The number of nitrogens with one attached hydrogen (secondary N) is 2. The second-order valence-corrected chi connectivity index (χ2v) is 7.13.